The number of hydrogen-bond donors (Lipinski definition) is 1. The summed E-state index contributed by atoms with van der Waals surface area (Å²) in [5.41, 5.74) is 0. The number of carbonyl (C=O) groups excluding carboxylic acids is 1. The molecule has 1 atom stereocenters. The maximum Gasteiger partial charge on any atom is 0.237 e. The van der Waals surface area contributed by atoms with Crippen LogP contribution in [0.2, 0.25) is 0 Å². The molecular formula is C2H2FO3-. The molecule has 0 aliphatic rings. The van der Waals surface area contributed by atoms with E-state index in [1.807, 2.05) is 0 Å². The minimum absolute atomic E-state index is 2.10. The average Bonchev–Trinajstić information content (AvgIpc) is 1.36. The molecule has 1 unspecified atom stereocenters. The molecule has 36 valence electrons. The Morgan fingerprint density at radius 2 is 2.17 bits per heavy atom. The molecule has 6 heavy (non-hydrogen) atoms. The van der Waals surface area contributed by atoms with Crippen molar-refractivity contribution in [3.8, 4) is 0 Å². The molecule has 0 aliphatic carbocycles. The zero-order valence-electron chi connectivity index (χ0n) is 2.72. The lowest BCUT2D eigenvalue weighted by Gasteiger charge is -1.96. The summed E-state index contributed by atoms with van der Waals surface area (Å²) < 4.78 is 10.7. The zero-order valence-corrected chi connectivity index (χ0v) is 2.72. The van der Waals surface area contributed by atoms with Crippen molar-refractivity contribution < 1.29 is 19.4 Å². The molecule has 0 amide bonds. The maximum atomic E-state index is 10.7. The van der Waals surface area contributed by atoms with Gasteiger partial charge in [0.15, 0.2) is 0 Å². The van der Waals surface area contributed by atoms with E-state index < -0.39 is 12.3 Å². The molecule has 0 aliphatic heterocycles. The second-order valence-corrected chi connectivity index (χ2v) is 0.655. The molecule has 0 aromatic rings. The van der Waals surface area contributed by atoms with Crippen molar-refractivity contribution >= 4 is 5.97 Å². The molecule has 0 saturated carbocycles. The first-order chi connectivity index (χ1) is 2.64. The molecule has 0 bridgehead atoms. The molecule has 4 heteroatoms. The fourth-order valence-corrected chi connectivity index (χ4v) is 0. The fourth-order valence-electron chi connectivity index (χ4n) is 0. The number of aliphatic hydroxyl groups is 1. The molecule has 1 N–H and O–H groups in total. The van der Waals surface area contributed by atoms with Gasteiger partial charge >= 0.3 is 0 Å². The molecule has 0 saturated heterocycles. The normalized spacial score (nSPS) is 13.7. The van der Waals surface area contributed by atoms with Gasteiger partial charge < -0.3 is 15.0 Å². The predicted molar refractivity (Wildman–Crippen MR) is 12.1 cm³/mol. The van der Waals surface area contributed by atoms with Gasteiger partial charge in [-0.05, 0) is 0 Å². The van der Waals surface area contributed by atoms with Gasteiger partial charge in [0.05, 0.1) is 0 Å². The number of carbonyl (C=O) groups is 1. The van der Waals surface area contributed by atoms with Gasteiger partial charge in [-0.1, -0.05) is 0 Å². The van der Waals surface area contributed by atoms with Crippen LogP contribution in [0.1, 0.15) is 0 Å². The average molecular weight is 93.0 g/mol. The van der Waals surface area contributed by atoms with Crippen molar-refractivity contribution in [2.45, 2.75) is 6.36 Å². The SMILES string of the molecule is O=C([O-])C(O)F. The highest BCUT2D eigenvalue weighted by atomic mass is 19.1. The third-order valence-electron chi connectivity index (χ3n) is 0.194. The topological polar surface area (TPSA) is 60.4 Å². The van der Waals surface area contributed by atoms with Gasteiger partial charge in [0.1, 0.15) is 5.97 Å². The Kier molecular flexibility index (Phi) is 1.53. The molecular weight excluding hydrogens is 91.0 g/mol. The molecule has 0 heterocycles. The van der Waals surface area contributed by atoms with Gasteiger partial charge in [0.2, 0.25) is 6.36 Å². The number of hydrogen-bond acceptors (Lipinski definition) is 3. The highest BCUT2D eigenvalue weighted by Gasteiger charge is 1.95. The van der Waals surface area contributed by atoms with Crippen molar-refractivity contribution in [1.29, 1.82) is 0 Å². The van der Waals surface area contributed by atoms with Gasteiger partial charge in [0.25, 0.3) is 0 Å². The first-order valence-electron chi connectivity index (χ1n) is 1.17. The van der Waals surface area contributed by atoms with Crippen LogP contribution in [0.5, 0.6) is 0 Å². The van der Waals surface area contributed by atoms with Crippen LogP contribution in [0.25, 0.3) is 0 Å². The third kappa shape index (κ3) is 1.66. The first-order valence-corrected chi connectivity index (χ1v) is 1.17. The van der Waals surface area contributed by atoms with Gasteiger partial charge in [-0.25, -0.2) is 4.39 Å². The number of rotatable bonds is 1. The molecule has 0 fully saturated rings. The van der Waals surface area contributed by atoms with Gasteiger partial charge in [-0.2, -0.15) is 0 Å². The van der Waals surface area contributed by atoms with Crippen molar-refractivity contribution in [3.05, 3.63) is 0 Å². The summed E-state index contributed by atoms with van der Waals surface area (Å²) in [6.07, 6.45) is -2.84. The van der Waals surface area contributed by atoms with Crippen LogP contribution >= 0.6 is 0 Å². The van der Waals surface area contributed by atoms with E-state index in [9.17, 15) is 4.39 Å². The summed E-state index contributed by atoms with van der Waals surface area (Å²) in [6, 6.07) is 0. The van der Waals surface area contributed by atoms with E-state index in [4.69, 9.17) is 15.0 Å². The van der Waals surface area contributed by atoms with Crippen LogP contribution in [0.3, 0.4) is 0 Å². The summed E-state index contributed by atoms with van der Waals surface area (Å²) in [6.45, 7) is 0. The van der Waals surface area contributed by atoms with Crippen LogP contribution in [0.15, 0.2) is 0 Å². The van der Waals surface area contributed by atoms with E-state index in [-0.39, 0.29) is 0 Å². The van der Waals surface area contributed by atoms with Crippen molar-refractivity contribution in [1.82, 2.24) is 0 Å². The minimum Gasteiger partial charge on any atom is -0.544 e. The Hall–Kier alpha value is -0.640. The fraction of sp³-hybridized carbons (Fsp3) is 0.500. The Morgan fingerprint density at radius 1 is 2.00 bits per heavy atom. The highest BCUT2D eigenvalue weighted by Crippen LogP contribution is 1.74. The smallest absolute Gasteiger partial charge is 0.237 e. The van der Waals surface area contributed by atoms with E-state index in [1.54, 1.807) is 0 Å². The Balaban J connectivity index is 3.26. The number of aliphatic carboxylic acids is 1. The van der Waals surface area contributed by atoms with E-state index in [0.29, 0.717) is 0 Å². The number of carboxylic acid groups (broad SMARTS) is 1. The van der Waals surface area contributed by atoms with Crippen molar-refractivity contribution in [2.75, 3.05) is 0 Å². The van der Waals surface area contributed by atoms with Crippen LogP contribution in [0, 0.1) is 0 Å². The van der Waals surface area contributed by atoms with Crippen molar-refractivity contribution in [2.24, 2.45) is 0 Å². The van der Waals surface area contributed by atoms with E-state index in [2.05, 4.69) is 0 Å². The Morgan fingerprint density at radius 3 is 2.17 bits per heavy atom. The largest absolute Gasteiger partial charge is 0.544 e. The molecule has 0 spiro atoms. The van der Waals surface area contributed by atoms with Crippen LogP contribution in [-0.2, 0) is 4.79 Å². The molecule has 0 radical (unpaired) electrons. The predicted octanol–water partition coefficient (Wildman–Crippen LogP) is -1.98. The van der Waals surface area contributed by atoms with E-state index in [0.717, 1.165) is 0 Å². The van der Waals surface area contributed by atoms with E-state index >= 15 is 0 Å². The van der Waals surface area contributed by atoms with E-state index in [1.165, 1.54) is 0 Å². The second-order valence-electron chi connectivity index (χ2n) is 0.655. The summed E-state index contributed by atoms with van der Waals surface area (Å²) in [7, 11) is 0. The Labute approximate surface area is 33.0 Å². The summed E-state index contributed by atoms with van der Waals surface area (Å²) in [4.78, 5) is 8.96. The summed E-state index contributed by atoms with van der Waals surface area (Å²) in [5, 5.41) is 16.3. The number of aliphatic hydroxyl groups excluding tert-OH is 1. The molecule has 3 nitrogen and oxygen atoms in total. The third-order valence-corrected chi connectivity index (χ3v) is 0.194. The lowest BCUT2D eigenvalue weighted by Crippen LogP contribution is -2.32. The lowest BCUT2D eigenvalue weighted by atomic mass is 10.7. The lowest BCUT2D eigenvalue weighted by molar-refractivity contribution is -0.322. The second kappa shape index (κ2) is 1.71. The molecule has 0 rings (SSSR count). The number of halogens is 1. The van der Waals surface area contributed by atoms with Gasteiger partial charge in [-0.3, -0.25) is 0 Å². The van der Waals surface area contributed by atoms with Gasteiger partial charge in [0, 0.05) is 0 Å². The molecule has 0 aromatic carbocycles. The first kappa shape index (κ1) is 5.36. The van der Waals surface area contributed by atoms with Crippen LogP contribution in [-0.4, -0.2) is 17.4 Å². The van der Waals surface area contributed by atoms with Crippen LogP contribution in [0.4, 0.5) is 4.39 Å². The molecule has 0 aromatic heterocycles. The maximum absolute atomic E-state index is 10.7. The monoisotopic (exact) mass is 93.0 g/mol. The zero-order chi connectivity index (χ0) is 5.15. The van der Waals surface area contributed by atoms with Crippen LogP contribution < -0.4 is 5.11 Å². The van der Waals surface area contributed by atoms with Crippen molar-refractivity contribution in [3.63, 3.8) is 0 Å². The highest BCUT2D eigenvalue weighted by molar-refractivity contribution is 5.67. The Bertz CT molecular complexity index is 59.8. The quantitative estimate of drug-likeness (QED) is 0.409. The van der Waals surface area contributed by atoms with Gasteiger partial charge in [-0.15, -0.1) is 0 Å². The minimum atomic E-state index is -2.84. The number of alkyl halides is 1. The summed E-state index contributed by atoms with van der Waals surface area (Å²) >= 11 is 0. The summed E-state index contributed by atoms with van der Waals surface area (Å²) in [5.74, 6) is -2.10. The standard InChI is InChI=1S/C2H3FO3/c3-1(4)2(5)6/h1,4H,(H,5,6)/p-1. The number of carboxylic acids is 1.